The Morgan fingerprint density at radius 1 is 0.941 bits per heavy atom. The third-order valence-corrected chi connectivity index (χ3v) is 2.68. The number of aryl methyl sites for hydroxylation is 1. The molecule has 0 aliphatic rings. The van der Waals surface area contributed by atoms with Gasteiger partial charge in [0.1, 0.15) is 5.82 Å². The van der Waals surface area contributed by atoms with Gasteiger partial charge in [0.15, 0.2) is 0 Å². The Morgan fingerprint density at radius 2 is 1.59 bits per heavy atom. The van der Waals surface area contributed by atoms with Crippen molar-refractivity contribution in [2.24, 2.45) is 0 Å². The van der Waals surface area contributed by atoms with Gasteiger partial charge in [-0.3, -0.25) is 0 Å². The molecule has 88 valence electrons. The molecule has 0 aliphatic heterocycles. The van der Waals surface area contributed by atoms with E-state index < -0.39 is 0 Å². The molecule has 0 atom stereocenters. The molecule has 0 radical (unpaired) electrons. The molecule has 0 fully saturated rings. The molecule has 0 saturated heterocycles. The third kappa shape index (κ3) is 2.70. The normalized spacial score (nSPS) is 11.5. The van der Waals surface area contributed by atoms with Gasteiger partial charge in [-0.05, 0) is 13.0 Å². The monoisotopic (exact) mass is 226 g/mol. The summed E-state index contributed by atoms with van der Waals surface area (Å²) < 4.78 is 0. The van der Waals surface area contributed by atoms with Gasteiger partial charge in [-0.15, -0.1) is 0 Å². The van der Waals surface area contributed by atoms with Gasteiger partial charge >= 0.3 is 0 Å². The molecule has 0 aliphatic carbocycles. The summed E-state index contributed by atoms with van der Waals surface area (Å²) in [6.07, 6.45) is 0. The average Bonchev–Trinajstić information content (AvgIpc) is 2.28. The molecule has 2 rings (SSSR count). The summed E-state index contributed by atoms with van der Waals surface area (Å²) in [6, 6.07) is 12.3. The zero-order chi connectivity index (χ0) is 12.5. The molecule has 2 heteroatoms. The summed E-state index contributed by atoms with van der Waals surface area (Å²) >= 11 is 0. The van der Waals surface area contributed by atoms with E-state index in [9.17, 15) is 0 Å². The molecule has 17 heavy (non-hydrogen) atoms. The summed E-state index contributed by atoms with van der Waals surface area (Å²) in [5.41, 5.74) is 3.28. The number of hydrogen-bond acceptors (Lipinski definition) is 2. The van der Waals surface area contributed by atoms with Gasteiger partial charge in [0, 0.05) is 11.0 Å². The summed E-state index contributed by atoms with van der Waals surface area (Å²) in [5, 5.41) is 0. The van der Waals surface area contributed by atoms with Crippen molar-refractivity contribution in [3.8, 4) is 11.3 Å². The maximum Gasteiger partial charge on any atom is 0.126 e. The third-order valence-electron chi connectivity index (χ3n) is 2.68. The van der Waals surface area contributed by atoms with Crippen LogP contribution in [0.4, 0.5) is 0 Å². The first kappa shape index (κ1) is 11.8. The highest BCUT2D eigenvalue weighted by Crippen LogP contribution is 2.24. The SMILES string of the molecule is Cc1nc(-c2ccccc2)cc(C(C)(C)C)n1. The van der Waals surface area contributed by atoms with Crippen molar-refractivity contribution in [1.29, 1.82) is 0 Å². The molecule has 0 spiro atoms. The van der Waals surface area contributed by atoms with Crippen LogP contribution in [0.3, 0.4) is 0 Å². The molecule has 0 bridgehead atoms. The van der Waals surface area contributed by atoms with Gasteiger partial charge in [0.05, 0.1) is 11.4 Å². The van der Waals surface area contributed by atoms with Crippen LogP contribution in [-0.2, 0) is 5.41 Å². The first-order chi connectivity index (χ1) is 7.97. The van der Waals surface area contributed by atoms with Crippen LogP contribution in [0.15, 0.2) is 36.4 Å². The van der Waals surface area contributed by atoms with E-state index in [1.54, 1.807) is 0 Å². The predicted octanol–water partition coefficient (Wildman–Crippen LogP) is 3.75. The molecule has 2 nitrogen and oxygen atoms in total. The molecule has 0 saturated carbocycles. The lowest BCUT2D eigenvalue weighted by atomic mass is 9.91. The van der Waals surface area contributed by atoms with E-state index in [-0.39, 0.29) is 5.41 Å². The summed E-state index contributed by atoms with van der Waals surface area (Å²) in [7, 11) is 0. The van der Waals surface area contributed by atoms with E-state index in [0.717, 1.165) is 22.8 Å². The number of hydrogen-bond donors (Lipinski definition) is 0. The van der Waals surface area contributed by atoms with Crippen LogP contribution in [0.2, 0.25) is 0 Å². The number of benzene rings is 1. The highest BCUT2D eigenvalue weighted by molar-refractivity contribution is 5.59. The second-order valence-electron chi connectivity index (χ2n) is 5.30. The number of rotatable bonds is 1. The Labute approximate surface area is 103 Å². The first-order valence-corrected chi connectivity index (χ1v) is 5.88. The molecule has 0 amide bonds. The Morgan fingerprint density at radius 3 is 2.18 bits per heavy atom. The Bertz CT molecular complexity index is 510. The van der Waals surface area contributed by atoms with Crippen LogP contribution in [-0.4, -0.2) is 9.97 Å². The molecule has 2 aromatic rings. The predicted molar refractivity (Wildman–Crippen MR) is 70.9 cm³/mol. The van der Waals surface area contributed by atoms with Crippen molar-refractivity contribution in [1.82, 2.24) is 9.97 Å². The molecular weight excluding hydrogens is 208 g/mol. The minimum absolute atomic E-state index is 0.0528. The first-order valence-electron chi connectivity index (χ1n) is 5.88. The van der Waals surface area contributed by atoms with Crippen molar-refractivity contribution in [2.45, 2.75) is 33.1 Å². The lowest BCUT2D eigenvalue weighted by molar-refractivity contribution is 0.564. The lowest BCUT2D eigenvalue weighted by Crippen LogP contribution is -2.15. The minimum atomic E-state index is 0.0528. The summed E-state index contributed by atoms with van der Waals surface area (Å²) in [4.78, 5) is 9.03. The highest BCUT2D eigenvalue weighted by Gasteiger charge is 2.17. The van der Waals surface area contributed by atoms with E-state index in [4.69, 9.17) is 0 Å². The minimum Gasteiger partial charge on any atom is -0.238 e. The Balaban J connectivity index is 2.54. The highest BCUT2D eigenvalue weighted by atomic mass is 14.9. The Hall–Kier alpha value is -1.70. The second-order valence-corrected chi connectivity index (χ2v) is 5.30. The zero-order valence-electron chi connectivity index (χ0n) is 10.9. The lowest BCUT2D eigenvalue weighted by Gasteiger charge is -2.18. The maximum atomic E-state index is 4.52. The zero-order valence-corrected chi connectivity index (χ0v) is 10.9. The molecule has 1 aromatic heterocycles. The average molecular weight is 226 g/mol. The largest absolute Gasteiger partial charge is 0.238 e. The van der Waals surface area contributed by atoms with Gasteiger partial charge in [0.25, 0.3) is 0 Å². The van der Waals surface area contributed by atoms with Crippen LogP contribution in [0.1, 0.15) is 32.3 Å². The number of aromatic nitrogens is 2. The maximum absolute atomic E-state index is 4.52. The van der Waals surface area contributed by atoms with E-state index in [1.165, 1.54) is 0 Å². The fourth-order valence-corrected chi connectivity index (χ4v) is 1.71. The van der Waals surface area contributed by atoms with Crippen molar-refractivity contribution in [2.75, 3.05) is 0 Å². The van der Waals surface area contributed by atoms with Crippen LogP contribution in [0.25, 0.3) is 11.3 Å². The van der Waals surface area contributed by atoms with Gasteiger partial charge in [-0.25, -0.2) is 9.97 Å². The topological polar surface area (TPSA) is 25.8 Å². The van der Waals surface area contributed by atoms with Crippen LogP contribution in [0, 0.1) is 6.92 Å². The fraction of sp³-hybridized carbons (Fsp3) is 0.333. The van der Waals surface area contributed by atoms with Gasteiger partial charge in [-0.2, -0.15) is 0 Å². The van der Waals surface area contributed by atoms with Crippen molar-refractivity contribution < 1.29 is 0 Å². The van der Waals surface area contributed by atoms with Crippen molar-refractivity contribution >= 4 is 0 Å². The smallest absolute Gasteiger partial charge is 0.126 e. The van der Waals surface area contributed by atoms with Crippen molar-refractivity contribution in [3.63, 3.8) is 0 Å². The summed E-state index contributed by atoms with van der Waals surface area (Å²) in [5.74, 6) is 0.830. The molecule has 0 unspecified atom stereocenters. The second kappa shape index (κ2) is 4.28. The standard InChI is InChI=1S/C15H18N2/c1-11-16-13(12-8-6-5-7-9-12)10-14(17-11)15(2,3)4/h5-10H,1-4H3. The molecule has 1 aromatic carbocycles. The van der Waals surface area contributed by atoms with Gasteiger partial charge < -0.3 is 0 Å². The van der Waals surface area contributed by atoms with E-state index in [2.05, 4.69) is 48.9 Å². The van der Waals surface area contributed by atoms with Crippen LogP contribution < -0.4 is 0 Å². The molecular formula is C15H18N2. The summed E-state index contributed by atoms with van der Waals surface area (Å²) in [6.45, 7) is 8.46. The van der Waals surface area contributed by atoms with E-state index in [0.29, 0.717) is 0 Å². The quantitative estimate of drug-likeness (QED) is 0.740. The van der Waals surface area contributed by atoms with Crippen LogP contribution in [0.5, 0.6) is 0 Å². The Kier molecular flexibility index (Phi) is 2.97. The van der Waals surface area contributed by atoms with Crippen LogP contribution >= 0.6 is 0 Å². The molecule has 1 heterocycles. The number of nitrogens with zero attached hydrogens (tertiary/aromatic N) is 2. The van der Waals surface area contributed by atoms with E-state index in [1.807, 2.05) is 25.1 Å². The van der Waals surface area contributed by atoms with E-state index >= 15 is 0 Å². The van der Waals surface area contributed by atoms with Crippen molar-refractivity contribution in [3.05, 3.63) is 47.9 Å². The molecule has 0 N–H and O–H groups in total. The van der Waals surface area contributed by atoms with Gasteiger partial charge in [0.2, 0.25) is 0 Å². The fourth-order valence-electron chi connectivity index (χ4n) is 1.71. The van der Waals surface area contributed by atoms with Gasteiger partial charge in [-0.1, -0.05) is 51.1 Å².